The molecule has 0 spiro atoms. The number of aliphatic carboxylic acids is 1. The van der Waals surface area contributed by atoms with Gasteiger partial charge in [0.2, 0.25) is 17.9 Å². The number of halogens is 1. The minimum absolute atomic E-state index is 0.0132. The molecule has 8 rings (SSSR count). The molecule has 1 fully saturated rings. The minimum Gasteiger partial charge on any atom is -0.496 e. The van der Waals surface area contributed by atoms with Crippen LogP contribution in [0.25, 0.3) is 38.3 Å². The zero-order chi connectivity index (χ0) is 43.9. The van der Waals surface area contributed by atoms with Crippen LogP contribution in [0.2, 0.25) is 0 Å². The van der Waals surface area contributed by atoms with E-state index in [1.807, 2.05) is 61.5 Å². The van der Waals surface area contributed by atoms with Crippen LogP contribution in [0, 0.1) is 0 Å². The lowest BCUT2D eigenvalue weighted by atomic mass is 9.87. The number of piperazine rings is 1. The number of pyridine rings is 2. The van der Waals surface area contributed by atoms with Crippen molar-refractivity contribution in [3.63, 3.8) is 0 Å². The maximum atomic E-state index is 13.1. The second-order valence-electron chi connectivity index (χ2n) is 15.2. The number of fused-ring (bicyclic) bond motifs is 1. The van der Waals surface area contributed by atoms with E-state index < -0.39 is 12.1 Å². The Hall–Kier alpha value is -6.13. The van der Waals surface area contributed by atoms with E-state index in [9.17, 15) is 9.90 Å². The second kappa shape index (κ2) is 19.9. The van der Waals surface area contributed by atoms with Crippen molar-refractivity contribution in [3.8, 4) is 45.9 Å². The summed E-state index contributed by atoms with van der Waals surface area (Å²) in [5, 5.41) is 11.9. The van der Waals surface area contributed by atoms with Gasteiger partial charge in [0, 0.05) is 81.3 Å². The number of methoxy groups -OCH3 is 2. The van der Waals surface area contributed by atoms with Gasteiger partial charge < -0.3 is 33.7 Å². The first kappa shape index (κ1) is 43.5. The average molecular weight is 890 g/mol. The molecule has 5 heterocycles. The van der Waals surface area contributed by atoms with E-state index in [1.165, 1.54) is 11.5 Å². The lowest BCUT2D eigenvalue weighted by Gasteiger charge is -2.32. The largest absolute Gasteiger partial charge is 0.496 e. The highest BCUT2D eigenvalue weighted by Crippen LogP contribution is 2.47. The summed E-state index contributed by atoms with van der Waals surface area (Å²) < 4.78 is 35.5. The molecule has 1 atom stereocenters. The molecule has 14 nitrogen and oxygen atoms in total. The van der Waals surface area contributed by atoms with Gasteiger partial charge in [-0.15, -0.1) is 0 Å². The van der Waals surface area contributed by atoms with Crippen LogP contribution in [-0.2, 0) is 22.6 Å². The first-order valence-corrected chi connectivity index (χ1v) is 21.8. The Bertz CT molecular complexity index is 2660. The average Bonchev–Trinajstić information content (AvgIpc) is 3.73. The highest BCUT2D eigenvalue weighted by Gasteiger charge is 2.30. The Morgan fingerprint density at radius 3 is 2.49 bits per heavy atom. The van der Waals surface area contributed by atoms with Crippen molar-refractivity contribution in [2.24, 2.45) is 0 Å². The number of aromatic nitrogens is 5. The molecule has 326 valence electrons. The van der Waals surface area contributed by atoms with Crippen LogP contribution in [0.15, 0.2) is 102 Å². The zero-order valence-corrected chi connectivity index (χ0v) is 37.1. The SMILES string of the molecule is COc1cc(-c2ncc3snc(O[C@H](Cc4ccccc4OCc4ccnc(-c5ccccc5OC)n4)C(=O)O)c3c2C2=C(C)C(Cl)=C(OCCN3CCN(C)CC3)CC2)ccn1. The number of para-hydroxylation sites is 2. The van der Waals surface area contributed by atoms with Gasteiger partial charge in [-0.1, -0.05) is 41.9 Å². The van der Waals surface area contributed by atoms with Crippen LogP contribution in [-0.4, -0.2) is 112 Å². The van der Waals surface area contributed by atoms with Crippen LogP contribution < -0.4 is 18.9 Å². The van der Waals surface area contributed by atoms with Crippen molar-refractivity contribution in [1.29, 1.82) is 0 Å². The smallest absolute Gasteiger partial charge is 0.345 e. The third-order valence-electron chi connectivity index (χ3n) is 11.3. The number of rotatable bonds is 17. The number of carboxylic acids is 1. The Kier molecular flexibility index (Phi) is 13.8. The molecule has 0 bridgehead atoms. The number of carbonyl (C=O) groups is 1. The second-order valence-corrected chi connectivity index (χ2v) is 16.4. The van der Waals surface area contributed by atoms with Gasteiger partial charge in [0.1, 0.15) is 30.5 Å². The molecule has 1 N–H and O–H groups in total. The van der Waals surface area contributed by atoms with Gasteiger partial charge in [0.15, 0.2) is 5.82 Å². The molecular formula is C47H48ClN7O7S. The predicted molar refractivity (Wildman–Crippen MR) is 242 cm³/mol. The zero-order valence-electron chi connectivity index (χ0n) is 35.5. The summed E-state index contributed by atoms with van der Waals surface area (Å²) in [5.74, 6) is 1.85. The summed E-state index contributed by atoms with van der Waals surface area (Å²) in [6.07, 6.45) is 4.90. The van der Waals surface area contributed by atoms with Gasteiger partial charge >= 0.3 is 5.97 Å². The van der Waals surface area contributed by atoms with Crippen LogP contribution >= 0.6 is 23.1 Å². The fourth-order valence-electron chi connectivity index (χ4n) is 7.78. The predicted octanol–water partition coefficient (Wildman–Crippen LogP) is 8.16. The highest BCUT2D eigenvalue weighted by molar-refractivity contribution is 7.13. The molecule has 0 radical (unpaired) electrons. The van der Waals surface area contributed by atoms with E-state index in [0.29, 0.717) is 70.0 Å². The molecule has 4 aromatic heterocycles. The normalized spacial score (nSPS) is 15.4. The Balaban J connectivity index is 1.09. The van der Waals surface area contributed by atoms with Crippen LogP contribution in [0.3, 0.4) is 0 Å². The van der Waals surface area contributed by atoms with Crippen molar-refractivity contribution in [3.05, 3.63) is 119 Å². The van der Waals surface area contributed by atoms with Crippen molar-refractivity contribution in [2.75, 3.05) is 60.6 Å². The van der Waals surface area contributed by atoms with E-state index in [2.05, 4.69) is 26.8 Å². The summed E-state index contributed by atoms with van der Waals surface area (Å²) in [6, 6.07) is 20.3. The summed E-state index contributed by atoms with van der Waals surface area (Å²) in [7, 11) is 5.31. The number of nitrogens with zero attached hydrogens (tertiary/aromatic N) is 7. The number of hydrogen-bond donors (Lipinski definition) is 1. The Labute approximate surface area is 374 Å². The number of benzene rings is 2. The number of hydrogen-bond acceptors (Lipinski definition) is 14. The molecule has 63 heavy (non-hydrogen) atoms. The number of likely N-dealkylation sites (N-methyl/N-ethyl adjacent to an activating group) is 1. The van der Waals surface area contributed by atoms with E-state index in [0.717, 1.165) is 71.0 Å². The van der Waals surface area contributed by atoms with E-state index in [1.54, 1.807) is 44.9 Å². The van der Waals surface area contributed by atoms with Crippen molar-refractivity contribution in [2.45, 2.75) is 38.9 Å². The van der Waals surface area contributed by atoms with Crippen LogP contribution in [0.1, 0.15) is 36.6 Å². The number of ether oxygens (including phenoxy) is 5. The minimum atomic E-state index is -1.33. The summed E-state index contributed by atoms with van der Waals surface area (Å²) in [4.78, 5) is 36.2. The fourth-order valence-corrected chi connectivity index (χ4v) is 8.74. The maximum absolute atomic E-state index is 13.1. The molecule has 1 saturated heterocycles. The molecule has 0 amide bonds. The van der Waals surface area contributed by atoms with E-state index >= 15 is 0 Å². The molecule has 2 aliphatic rings. The molecule has 6 aromatic rings. The van der Waals surface area contributed by atoms with Crippen molar-refractivity contribution >= 4 is 44.8 Å². The fraction of sp³-hybridized carbons (Fsp3) is 0.319. The van der Waals surface area contributed by atoms with Crippen LogP contribution in [0.4, 0.5) is 0 Å². The lowest BCUT2D eigenvalue weighted by molar-refractivity contribution is -0.145. The third kappa shape index (κ3) is 9.92. The maximum Gasteiger partial charge on any atom is 0.345 e. The topological polar surface area (TPSA) is 154 Å². The lowest BCUT2D eigenvalue weighted by Crippen LogP contribution is -2.45. The van der Waals surface area contributed by atoms with E-state index in [4.69, 9.17) is 49.6 Å². The van der Waals surface area contributed by atoms with Gasteiger partial charge in [-0.2, -0.15) is 4.37 Å². The summed E-state index contributed by atoms with van der Waals surface area (Å²) in [5.41, 5.74) is 5.94. The standard InChI is InChI=1S/C47H48ClN7O7S/c1-29-33(13-14-37(43(29)48)60-24-23-55-21-19-54(2)20-22-55)41-42-39(27-51-44(41)31-15-17-49-40(26-31)59-4)63-53-46(42)62-38(47(56)57)25-30-9-5-7-11-35(30)61-28-32-16-18-50-45(52-32)34-10-6-8-12-36(34)58-3/h5-12,15-18,26-27,38H,13-14,19-25,28H2,1-4H3,(H,56,57)/t38-/m1/s1. The van der Waals surface area contributed by atoms with Gasteiger partial charge in [0.25, 0.3) is 0 Å². The first-order chi connectivity index (χ1) is 30.7. The Morgan fingerprint density at radius 2 is 1.70 bits per heavy atom. The van der Waals surface area contributed by atoms with E-state index in [-0.39, 0.29) is 18.9 Å². The summed E-state index contributed by atoms with van der Waals surface area (Å²) >= 11 is 8.34. The third-order valence-corrected chi connectivity index (χ3v) is 12.5. The quantitative estimate of drug-likeness (QED) is 0.0937. The van der Waals surface area contributed by atoms with Crippen molar-refractivity contribution < 1.29 is 33.6 Å². The molecule has 2 aromatic carbocycles. The number of allylic oxidation sites excluding steroid dienone is 4. The molecular weight excluding hydrogens is 842 g/mol. The number of carboxylic acid groups (broad SMARTS) is 1. The highest BCUT2D eigenvalue weighted by atomic mass is 35.5. The monoisotopic (exact) mass is 889 g/mol. The molecule has 0 saturated carbocycles. The van der Waals surface area contributed by atoms with Gasteiger partial charge in [-0.25, -0.2) is 19.7 Å². The molecule has 1 aliphatic carbocycles. The van der Waals surface area contributed by atoms with Gasteiger partial charge in [-0.3, -0.25) is 9.88 Å². The molecule has 0 unspecified atom stereocenters. The Morgan fingerprint density at radius 1 is 0.921 bits per heavy atom. The first-order valence-electron chi connectivity index (χ1n) is 20.7. The van der Waals surface area contributed by atoms with Crippen molar-refractivity contribution in [1.82, 2.24) is 34.1 Å². The molecule has 1 aliphatic heterocycles. The summed E-state index contributed by atoms with van der Waals surface area (Å²) in [6.45, 7) is 7.55. The van der Waals surface area contributed by atoms with Gasteiger partial charge in [0.05, 0.1) is 46.3 Å². The molecule has 16 heteroatoms. The van der Waals surface area contributed by atoms with Crippen LogP contribution in [0.5, 0.6) is 23.3 Å². The van der Waals surface area contributed by atoms with Gasteiger partial charge in [-0.05, 0) is 79.0 Å².